The lowest BCUT2D eigenvalue weighted by Gasteiger charge is -2.10. The van der Waals surface area contributed by atoms with Gasteiger partial charge in [-0.25, -0.2) is 14.8 Å². The molecule has 0 saturated carbocycles. The summed E-state index contributed by atoms with van der Waals surface area (Å²) in [6.07, 6.45) is 3.31. The van der Waals surface area contributed by atoms with Gasteiger partial charge in [0.05, 0.1) is 7.11 Å². The fourth-order valence-electron chi connectivity index (χ4n) is 2.24. The predicted octanol–water partition coefficient (Wildman–Crippen LogP) is 3.47. The number of carbonyl (C=O) groups excluding carboxylic acids is 1. The van der Waals surface area contributed by atoms with Crippen LogP contribution >= 0.6 is 0 Å². The maximum Gasteiger partial charge on any atom is 0.356 e. The van der Waals surface area contributed by atoms with Crippen molar-refractivity contribution in [3.8, 4) is 0 Å². The number of fused-ring (bicyclic) bond motifs is 1. The first-order chi connectivity index (χ1) is 10.7. The molecule has 1 N–H and O–H groups in total. The molecule has 2 heterocycles. The van der Waals surface area contributed by atoms with E-state index in [4.69, 9.17) is 0 Å². The van der Waals surface area contributed by atoms with E-state index in [-0.39, 0.29) is 5.69 Å². The van der Waals surface area contributed by atoms with E-state index in [0.717, 1.165) is 27.8 Å². The van der Waals surface area contributed by atoms with Crippen molar-refractivity contribution >= 4 is 28.2 Å². The fraction of sp³-hybridized carbons (Fsp3) is 0.118. The lowest BCUT2D eigenvalue weighted by Crippen LogP contribution is -2.05. The molecule has 0 spiro atoms. The molecule has 0 unspecified atom stereocenters. The van der Waals surface area contributed by atoms with Crippen LogP contribution in [0.15, 0.2) is 48.8 Å². The highest BCUT2D eigenvalue weighted by molar-refractivity contribution is 5.94. The summed E-state index contributed by atoms with van der Waals surface area (Å²) in [5.74, 6) is 0.272. The van der Waals surface area contributed by atoms with Crippen LogP contribution in [0.25, 0.3) is 10.8 Å². The quantitative estimate of drug-likeness (QED) is 0.749. The first-order valence-electron chi connectivity index (χ1n) is 6.84. The molecule has 0 atom stereocenters. The molecule has 0 aliphatic rings. The lowest BCUT2D eigenvalue weighted by atomic mass is 10.1. The molecule has 5 heteroatoms. The zero-order valence-electron chi connectivity index (χ0n) is 12.3. The highest BCUT2D eigenvalue weighted by atomic mass is 16.5. The number of ether oxygens (including phenoxy) is 1. The molecule has 0 bridgehead atoms. The van der Waals surface area contributed by atoms with E-state index in [1.807, 2.05) is 13.0 Å². The van der Waals surface area contributed by atoms with Crippen molar-refractivity contribution in [2.24, 2.45) is 0 Å². The molecule has 3 rings (SSSR count). The first kappa shape index (κ1) is 14.0. The molecule has 0 amide bonds. The molecule has 0 aliphatic heterocycles. The van der Waals surface area contributed by atoms with Gasteiger partial charge in [-0.1, -0.05) is 17.7 Å². The molecule has 0 aliphatic carbocycles. The number of methoxy groups -OCH3 is 1. The third-order valence-corrected chi connectivity index (χ3v) is 3.34. The molecule has 1 aromatic carbocycles. The van der Waals surface area contributed by atoms with Crippen LogP contribution in [0.5, 0.6) is 0 Å². The van der Waals surface area contributed by atoms with Crippen molar-refractivity contribution in [2.75, 3.05) is 12.4 Å². The van der Waals surface area contributed by atoms with E-state index >= 15 is 0 Å². The Hall–Kier alpha value is -2.95. The van der Waals surface area contributed by atoms with Gasteiger partial charge in [0, 0.05) is 23.5 Å². The third-order valence-electron chi connectivity index (χ3n) is 3.34. The van der Waals surface area contributed by atoms with Crippen LogP contribution in [0.4, 0.5) is 11.5 Å². The van der Waals surface area contributed by atoms with Gasteiger partial charge >= 0.3 is 5.97 Å². The molecular weight excluding hydrogens is 278 g/mol. The molecule has 0 fully saturated rings. The van der Waals surface area contributed by atoms with Gasteiger partial charge in [-0.2, -0.15) is 0 Å². The van der Waals surface area contributed by atoms with Crippen LogP contribution in [-0.4, -0.2) is 23.0 Å². The second-order valence-electron chi connectivity index (χ2n) is 4.93. The minimum absolute atomic E-state index is 0.254. The summed E-state index contributed by atoms with van der Waals surface area (Å²) in [4.78, 5) is 19.9. The summed E-state index contributed by atoms with van der Waals surface area (Å²) in [6, 6.07) is 11.6. The van der Waals surface area contributed by atoms with E-state index in [2.05, 4.69) is 38.2 Å². The summed E-state index contributed by atoms with van der Waals surface area (Å²) in [5, 5.41) is 5.36. The van der Waals surface area contributed by atoms with E-state index < -0.39 is 5.97 Å². The van der Waals surface area contributed by atoms with E-state index in [0.29, 0.717) is 0 Å². The summed E-state index contributed by atoms with van der Waals surface area (Å²) in [5.41, 5.74) is 2.15. The zero-order chi connectivity index (χ0) is 15.5. The molecule has 110 valence electrons. The Kier molecular flexibility index (Phi) is 3.70. The minimum Gasteiger partial charge on any atom is -0.464 e. The number of pyridine rings is 2. The third kappa shape index (κ3) is 2.74. The van der Waals surface area contributed by atoms with Crippen molar-refractivity contribution in [2.45, 2.75) is 6.92 Å². The summed E-state index contributed by atoms with van der Waals surface area (Å²) in [7, 11) is 1.33. The second kappa shape index (κ2) is 5.81. The van der Waals surface area contributed by atoms with Gasteiger partial charge in [-0.3, -0.25) is 0 Å². The van der Waals surface area contributed by atoms with Crippen LogP contribution in [0.2, 0.25) is 0 Å². The van der Waals surface area contributed by atoms with E-state index in [1.54, 1.807) is 24.5 Å². The summed E-state index contributed by atoms with van der Waals surface area (Å²) in [6.45, 7) is 2.04. The van der Waals surface area contributed by atoms with E-state index in [1.165, 1.54) is 7.11 Å². The second-order valence-corrected chi connectivity index (χ2v) is 4.93. The number of hydrogen-bond donors (Lipinski definition) is 1. The van der Waals surface area contributed by atoms with Gasteiger partial charge < -0.3 is 10.1 Å². The maximum atomic E-state index is 11.5. The van der Waals surface area contributed by atoms with Gasteiger partial charge in [0.1, 0.15) is 11.5 Å². The number of carbonyl (C=O) groups is 1. The van der Waals surface area contributed by atoms with Crippen molar-refractivity contribution in [3.63, 3.8) is 0 Å². The van der Waals surface area contributed by atoms with Crippen LogP contribution in [0.1, 0.15) is 16.1 Å². The Morgan fingerprint density at radius 1 is 1.09 bits per heavy atom. The predicted molar refractivity (Wildman–Crippen MR) is 85.3 cm³/mol. The van der Waals surface area contributed by atoms with Crippen LogP contribution in [0, 0.1) is 6.92 Å². The highest BCUT2D eigenvalue weighted by Gasteiger charge is 2.09. The monoisotopic (exact) mass is 293 g/mol. The normalized spacial score (nSPS) is 10.5. The van der Waals surface area contributed by atoms with Crippen molar-refractivity contribution in [3.05, 3.63) is 60.0 Å². The molecule has 0 radical (unpaired) electrons. The number of esters is 1. The molecule has 0 saturated heterocycles. The summed E-state index contributed by atoms with van der Waals surface area (Å²) >= 11 is 0. The Labute approximate surface area is 128 Å². The van der Waals surface area contributed by atoms with Crippen molar-refractivity contribution < 1.29 is 9.53 Å². The van der Waals surface area contributed by atoms with Crippen LogP contribution < -0.4 is 5.32 Å². The Morgan fingerprint density at radius 3 is 2.73 bits per heavy atom. The molecule has 3 aromatic rings. The van der Waals surface area contributed by atoms with Gasteiger partial charge in [0.15, 0.2) is 0 Å². The number of benzene rings is 1. The number of aryl methyl sites for hydroxylation is 1. The molecule has 22 heavy (non-hydrogen) atoms. The average molecular weight is 293 g/mol. The molecule has 5 nitrogen and oxygen atoms in total. The Balaban J connectivity index is 2.00. The van der Waals surface area contributed by atoms with Gasteiger partial charge in [-0.05, 0) is 36.6 Å². The van der Waals surface area contributed by atoms with Crippen molar-refractivity contribution in [1.82, 2.24) is 9.97 Å². The van der Waals surface area contributed by atoms with Gasteiger partial charge in [0.25, 0.3) is 0 Å². The lowest BCUT2D eigenvalue weighted by molar-refractivity contribution is 0.0594. The molecule has 2 aromatic heterocycles. The Bertz CT molecular complexity index is 846. The number of anilines is 2. The van der Waals surface area contributed by atoms with Crippen molar-refractivity contribution in [1.29, 1.82) is 0 Å². The Morgan fingerprint density at radius 2 is 1.91 bits per heavy atom. The maximum absolute atomic E-state index is 11.5. The van der Waals surface area contributed by atoms with Gasteiger partial charge in [-0.15, -0.1) is 0 Å². The average Bonchev–Trinajstić information content (AvgIpc) is 2.55. The highest BCUT2D eigenvalue weighted by Crippen LogP contribution is 2.25. The SMILES string of the molecule is COC(=O)c1cc(Nc2nccc3ccc(C)cc23)ccn1. The largest absolute Gasteiger partial charge is 0.464 e. The topological polar surface area (TPSA) is 64.1 Å². The molecular formula is C17H15N3O2. The zero-order valence-corrected chi connectivity index (χ0v) is 12.3. The fourth-order valence-corrected chi connectivity index (χ4v) is 2.24. The van der Waals surface area contributed by atoms with Crippen LogP contribution in [0.3, 0.4) is 0 Å². The van der Waals surface area contributed by atoms with Crippen LogP contribution in [-0.2, 0) is 4.74 Å². The van der Waals surface area contributed by atoms with E-state index in [9.17, 15) is 4.79 Å². The number of rotatable bonds is 3. The summed E-state index contributed by atoms with van der Waals surface area (Å²) < 4.78 is 4.68. The first-order valence-corrected chi connectivity index (χ1v) is 6.84. The number of hydrogen-bond acceptors (Lipinski definition) is 5. The number of aromatic nitrogens is 2. The smallest absolute Gasteiger partial charge is 0.356 e. The van der Waals surface area contributed by atoms with Gasteiger partial charge in [0.2, 0.25) is 0 Å². The standard InChI is InChI=1S/C17H15N3O2/c1-11-3-4-12-5-7-19-16(14(12)9-11)20-13-6-8-18-15(10-13)17(21)22-2/h3-10H,1-2H3,(H,18,19,20). The minimum atomic E-state index is -0.467. The number of nitrogens with zero attached hydrogens (tertiary/aromatic N) is 2. The number of nitrogens with one attached hydrogen (secondary N) is 1.